The van der Waals surface area contributed by atoms with E-state index in [2.05, 4.69) is 19.8 Å². The Morgan fingerprint density at radius 1 is 1.38 bits per heavy atom. The molecule has 6 N–H and O–H groups in total. The Kier molecular flexibility index (Phi) is 8.04. The molecule has 2 aliphatic heterocycles. The lowest BCUT2D eigenvalue weighted by atomic mass is 10.0. The van der Waals surface area contributed by atoms with Crippen LogP contribution in [0.1, 0.15) is 25.2 Å². The Balaban J connectivity index is 1.51. The van der Waals surface area contributed by atoms with Crippen LogP contribution in [0.4, 0.5) is 5.13 Å². The zero-order valence-corrected chi connectivity index (χ0v) is 21.8. The minimum absolute atomic E-state index is 0.0245. The number of nitrogens with two attached hydrogens (primary N) is 2. The van der Waals surface area contributed by atoms with E-state index in [1.54, 1.807) is 13.8 Å². The van der Waals surface area contributed by atoms with Gasteiger partial charge in [-0.3, -0.25) is 14.5 Å². The van der Waals surface area contributed by atoms with Gasteiger partial charge >= 0.3 is 5.97 Å². The van der Waals surface area contributed by atoms with Crippen molar-refractivity contribution in [3.05, 3.63) is 47.2 Å². The van der Waals surface area contributed by atoms with Gasteiger partial charge in [0.15, 0.2) is 24.1 Å². The maximum atomic E-state index is 13.1. The first-order valence-electron chi connectivity index (χ1n) is 11.4. The second kappa shape index (κ2) is 11.2. The number of β-lactam (4-membered cyclic amide) rings is 1. The topological polar surface area (TPSA) is 190 Å². The lowest BCUT2D eigenvalue weighted by Gasteiger charge is -2.49. The van der Waals surface area contributed by atoms with Crippen LogP contribution in [-0.4, -0.2) is 72.7 Å². The van der Waals surface area contributed by atoms with Gasteiger partial charge in [-0.25, -0.2) is 9.36 Å². The molecule has 15 heteroatoms. The maximum absolute atomic E-state index is 13.1. The highest BCUT2D eigenvalue weighted by Crippen LogP contribution is 2.40. The van der Waals surface area contributed by atoms with Crippen molar-refractivity contribution in [2.24, 2.45) is 10.9 Å². The van der Waals surface area contributed by atoms with Gasteiger partial charge in [-0.2, -0.15) is 9.36 Å². The van der Waals surface area contributed by atoms with E-state index in [1.807, 2.05) is 29.1 Å². The number of carbonyl (C=O) groups excluding carboxylic acids is 2. The summed E-state index contributed by atoms with van der Waals surface area (Å²) in [6, 6.07) is 2.91. The molecule has 2 aromatic heterocycles. The molecular weight excluding hydrogens is 520 g/mol. The number of aromatic nitrogens is 3. The van der Waals surface area contributed by atoms with Crippen molar-refractivity contribution in [1.82, 2.24) is 19.6 Å². The Morgan fingerprint density at radius 3 is 2.70 bits per heavy atom. The number of hydrogen-bond acceptors (Lipinski definition) is 11. The van der Waals surface area contributed by atoms with Crippen LogP contribution in [0.3, 0.4) is 0 Å². The number of aliphatic carboxylic acids is 1. The van der Waals surface area contributed by atoms with Crippen LogP contribution in [-0.2, 0) is 32.2 Å². The molecule has 1 fully saturated rings. The molecule has 37 heavy (non-hydrogen) atoms. The van der Waals surface area contributed by atoms with E-state index in [9.17, 15) is 19.5 Å². The number of nitrogens with one attached hydrogen (secondary N) is 1. The van der Waals surface area contributed by atoms with Gasteiger partial charge in [-0.05, 0) is 32.4 Å². The predicted octanol–water partition coefficient (Wildman–Crippen LogP) is -0.523. The molecule has 0 bridgehead atoms. The van der Waals surface area contributed by atoms with E-state index in [1.165, 1.54) is 16.7 Å². The number of thioether (sulfide) groups is 1. The van der Waals surface area contributed by atoms with Crippen molar-refractivity contribution >= 4 is 51.9 Å². The third kappa shape index (κ3) is 5.73. The standard InChI is InChI=1S/C22H26N8O5S2/c1-11(2)35-27-14(17-26-22(24)37-28-17)18(31)25-15-19(32)30-16(21(33)34)13(10-36-20(15)30)9-29-7-4-12(3-6-23)5-8-29/h4-5,7-8,11,15,20H,3,6,9-10,23H2,1-2H3,(H3-,24,25,26,28,31,33,34)/p+1/b27-14-. The molecule has 196 valence electrons. The van der Waals surface area contributed by atoms with E-state index < -0.39 is 29.2 Å². The van der Waals surface area contributed by atoms with Crippen LogP contribution in [0, 0.1) is 0 Å². The Hall–Kier alpha value is -3.56. The zero-order valence-electron chi connectivity index (χ0n) is 20.2. The van der Waals surface area contributed by atoms with Gasteiger partial charge < -0.3 is 26.7 Å². The van der Waals surface area contributed by atoms with Crippen LogP contribution in [0.2, 0.25) is 0 Å². The molecule has 0 spiro atoms. The third-order valence-electron chi connectivity index (χ3n) is 5.53. The molecule has 2 unspecified atom stereocenters. The number of carboxylic acids is 1. The van der Waals surface area contributed by atoms with Crippen LogP contribution in [0.25, 0.3) is 0 Å². The SMILES string of the molecule is CC(C)O/N=C(\C(=O)NC1C(=O)N2C(C(=O)O)=C(C[n+]3ccc(CCN)cc3)CSC12)c1nsc(N)n1. The van der Waals surface area contributed by atoms with Crippen molar-refractivity contribution < 1.29 is 28.9 Å². The number of oxime groups is 1. The molecule has 0 aliphatic carbocycles. The van der Waals surface area contributed by atoms with Crippen molar-refractivity contribution in [2.45, 2.75) is 44.3 Å². The Labute approximate surface area is 220 Å². The average molecular weight is 548 g/mol. The highest BCUT2D eigenvalue weighted by Gasteiger charge is 2.54. The summed E-state index contributed by atoms with van der Waals surface area (Å²) >= 11 is 2.27. The molecule has 2 aliphatic rings. The smallest absolute Gasteiger partial charge is 0.352 e. The number of nitrogens with zero attached hydrogens (tertiary/aromatic N) is 5. The summed E-state index contributed by atoms with van der Waals surface area (Å²) < 4.78 is 5.86. The first-order chi connectivity index (χ1) is 17.7. The van der Waals surface area contributed by atoms with Gasteiger partial charge in [0, 0.05) is 35.0 Å². The highest BCUT2D eigenvalue weighted by atomic mass is 32.2. The number of rotatable bonds is 10. The van der Waals surface area contributed by atoms with Crippen molar-refractivity contribution in [3.63, 3.8) is 0 Å². The van der Waals surface area contributed by atoms with Crippen molar-refractivity contribution in [3.8, 4) is 0 Å². The largest absolute Gasteiger partial charge is 0.477 e. The zero-order chi connectivity index (χ0) is 26.7. The molecule has 2 amide bonds. The number of carboxylic acid groups (broad SMARTS) is 1. The number of hydrogen-bond donors (Lipinski definition) is 4. The number of anilines is 1. The minimum atomic E-state index is -1.20. The Bertz CT molecular complexity index is 1260. The van der Waals surface area contributed by atoms with Gasteiger partial charge in [0.25, 0.3) is 11.8 Å². The molecule has 1 saturated heterocycles. The van der Waals surface area contributed by atoms with Crippen molar-refractivity contribution in [1.29, 1.82) is 0 Å². The van der Waals surface area contributed by atoms with Crippen LogP contribution in [0.15, 0.2) is 41.0 Å². The van der Waals surface area contributed by atoms with Crippen molar-refractivity contribution in [2.75, 3.05) is 18.0 Å². The van der Waals surface area contributed by atoms with E-state index in [0.29, 0.717) is 24.4 Å². The summed E-state index contributed by atoms with van der Waals surface area (Å²) in [7, 11) is 0. The summed E-state index contributed by atoms with van der Waals surface area (Å²) in [5.41, 5.74) is 12.6. The summed E-state index contributed by atoms with van der Waals surface area (Å²) in [5, 5.41) is 16.0. The fraction of sp³-hybridized carbons (Fsp3) is 0.409. The number of pyridine rings is 1. The number of fused-ring (bicyclic) bond motifs is 1. The van der Waals surface area contributed by atoms with E-state index >= 15 is 0 Å². The van der Waals surface area contributed by atoms with Gasteiger partial charge in [-0.1, -0.05) is 5.16 Å². The van der Waals surface area contributed by atoms with E-state index in [0.717, 1.165) is 23.5 Å². The maximum Gasteiger partial charge on any atom is 0.352 e. The lowest BCUT2D eigenvalue weighted by Crippen LogP contribution is -2.71. The van der Waals surface area contributed by atoms with Gasteiger partial charge in [0.2, 0.25) is 11.5 Å². The van der Waals surface area contributed by atoms with Crippen LogP contribution >= 0.6 is 23.3 Å². The molecule has 0 saturated carbocycles. The second-order valence-corrected chi connectivity index (χ2v) is 10.5. The number of carbonyl (C=O) groups is 3. The third-order valence-corrected chi connectivity index (χ3v) is 7.41. The molecule has 2 atom stereocenters. The van der Waals surface area contributed by atoms with E-state index in [-0.39, 0.29) is 28.5 Å². The average Bonchev–Trinajstić information content (AvgIpc) is 3.29. The lowest BCUT2D eigenvalue weighted by molar-refractivity contribution is -0.689. The minimum Gasteiger partial charge on any atom is -0.477 e. The highest BCUT2D eigenvalue weighted by molar-refractivity contribution is 8.00. The first kappa shape index (κ1) is 26.5. The first-order valence-corrected chi connectivity index (χ1v) is 13.2. The molecule has 0 aromatic carbocycles. The molecule has 2 aromatic rings. The number of amides is 2. The van der Waals surface area contributed by atoms with Crippen LogP contribution < -0.4 is 21.4 Å². The van der Waals surface area contributed by atoms with Gasteiger partial charge in [0.05, 0.1) is 0 Å². The predicted molar refractivity (Wildman–Crippen MR) is 136 cm³/mol. The van der Waals surface area contributed by atoms with Crippen LogP contribution in [0.5, 0.6) is 0 Å². The Morgan fingerprint density at radius 2 is 2.11 bits per heavy atom. The monoisotopic (exact) mass is 547 g/mol. The molecule has 0 radical (unpaired) electrons. The molecule has 13 nitrogen and oxygen atoms in total. The fourth-order valence-electron chi connectivity index (χ4n) is 3.84. The summed E-state index contributed by atoms with van der Waals surface area (Å²) in [4.78, 5) is 48.7. The summed E-state index contributed by atoms with van der Waals surface area (Å²) in [6.07, 6.45) is 4.15. The quantitative estimate of drug-likeness (QED) is 0.130. The molecule has 4 heterocycles. The van der Waals surface area contributed by atoms with Gasteiger partial charge in [-0.15, -0.1) is 11.8 Å². The molecule has 4 rings (SSSR count). The fourth-order valence-corrected chi connectivity index (χ4v) is 5.60. The van der Waals surface area contributed by atoms with Gasteiger partial charge in [0.1, 0.15) is 23.2 Å². The summed E-state index contributed by atoms with van der Waals surface area (Å²) in [5.74, 6) is -2.10. The van der Waals surface area contributed by atoms with E-state index in [4.69, 9.17) is 16.3 Å². The summed E-state index contributed by atoms with van der Waals surface area (Å²) in [6.45, 7) is 4.32. The molecular formula is C22H27N8O5S2+. The second-order valence-electron chi connectivity index (χ2n) is 8.59. The normalized spacial score (nSPS) is 19.5. The number of nitrogen functional groups attached to an aromatic ring is 1.